The minimum atomic E-state index is -2.04. The SMILES string of the molecule is CCCC(O)c1c(O[Si](C)(C)C(C)(C)C)csc1C(=O)OCC. The third-order valence-electron chi connectivity index (χ3n) is 4.32. The summed E-state index contributed by atoms with van der Waals surface area (Å²) in [6.45, 7) is 14.9. The van der Waals surface area contributed by atoms with E-state index < -0.39 is 14.4 Å². The first-order valence-electron chi connectivity index (χ1n) is 8.20. The number of hydrogen-bond donors (Lipinski definition) is 1. The molecule has 0 saturated carbocycles. The molecular weight excluding hydrogens is 328 g/mol. The van der Waals surface area contributed by atoms with Gasteiger partial charge in [0.15, 0.2) is 0 Å². The molecule has 132 valence electrons. The van der Waals surface area contributed by atoms with Gasteiger partial charge in [0.25, 0.3) is 8.32 Å². The summed E-state index contributed by atoms with van der Waals surface area (Å²) < 4.78 is 11.5. The maximum atomic E-state index is 12.2. The topological polar surface area (TPSA) is 55.8 Å². The lowest BCUT2D eigenvalue weighted by molar-refractivity contribution is 0.0524. The minimum absolute atomic E-state index is 0.0476. The van der Waals surface area contributed by atoms with Gasteiger partial charge < -0.3 is 14.3 Å². The van der Waals surface area contributed by atoms with Crippen LogP contribution in [0.2, 0.25) is 18.1 Å². The van der Waals surface area contributed by atoms with E-state index in [0.717, 1.165) is 6.42 Å². The second kappa shape index (κ2) is 7.81. The number of carbonyl (C=O) groups excluding carboxylic acids is 1. The van der Waals surface area contributed by atoms with Gasteiger partial charge in [0.05, 0.1) is 12.7 Å². The highest BCUT2D eigenvalue weighted by Gasteiger charge is 2.40. The number of ether oxygens (including phenoxy) is 1. The van der Waals surface area contributed by atoms with Crippen molar-refractivity contribution < 1.29 is 19.1 Å². The largest absolute Gasteiger partial charge is 0.543 e. The monoisotopic (exact) mass is 358 g/mol. The van der Waals surface area contributed by atoms with Gasteiger partial charge in [0.1, 0.15) is 10.6 Å². The Labute approximate surface area is 145 Å². The number of aliphatic hydroxyl groups excluding tert-OH is 1. The van der Waals surface area contributed by atoms with Crippen LogP contribution in [0, 0.1) is 0 Å². The Morgan fingerprint density at radius 2 is 1.96 bits per heavy atom. The molecule has 0 aromatic carbocycles. The van der Waals surface area contributed by atoms with E-state index in [4.69, 9.17) is 9.16 Å². The van der Waals surface area contributed by atoms with Crippen molar-refractivity contribution in [2.45, 2.75) is 71.7 Å². The van der Waals surface area contributed by atoms with Gasteiger partial charge in [-0.1, -0.05) is 34.1 Å². The Morgan fingerprint density at radius 1 is 1.35 bits per heavy atom. The molecule has 6 heteroatoms. The first kappa shape index (κ1) is 20.2. The molecule has 1 N–H and O–H groups in total. The van der Waals surface area contributed by atoms with Gasteiger partial charge in [-0.2, -0.15) is 0 Å². The number of carbonyl (C=O) groups is 1. The van der Waals surface area contributed by atoms with E-state index in [1.165, 1.54) is 11.3 Å². The summed E-state index contributed by atoms with van der Waals surface area (Å²) in [6, 6.07) is 0. The Balaban J connectivity index is 3.25. The van der Waals surface area contributed by atoms with E-state index in [1.807, 2.05) is 12.3 Å². The number of rotatable bonds is 7. The molecule has 0 radical (unpaired) electrons. The average molecular weight is 359 g/mol. The van der Waals surface area contributed by atoms with Crippen LogP contribution in [0.1, 0.15) is 68.8 Å². The van der Waals surface area contributed by atoms with Crippen LogP contribution < -0.4 is 4.43 Å². The summed E-state index contributed by atoms with van der Waals surface area (Å²) in [4.78, 5) is 12.6. The highest BCUT2D eigenvalue weighted by molar-refractivity contribution is 7.12. The minimum Gasteiger partial charge on any atom is -0.543 e. The predicted molar refractivity (Wildman–Crippen MR) is 98.0 cm³/mol. The van der Waals surface area contributed by atoms with Crippen molar-refractivity contribution in [3.05, 3.63) is 15.8 Å². The zero-order valence-corrected chi connectivity index (χ0v) is 17.2. The maximum Gasteiger partial charge on any atom is 0.348 e. The second-order valence-electron chi connectivity index (χ2n) is 7.23. The summed E-state index contributed by atoms with van der Waals surface area (Å²) in [5, 5.41) is 12.4. The summed E-state index contributed by atoms with van der Waals surface area (Å²) in [5.41, 5.74) is 0.597. The van der Waals surface area contributed by atoms with Gasteiger partial charge in [-0.3, -0.25) is 0 Å². The van der Waals surface area contributed by atoms with E-state index >= 15 is 0 Å². The van der Waals surface area contributed by atoms with Crippen LogP contribution in [0.25, 0.3) is 0 Å². The number of hydrogen-bond acceptors (Lipinski definition) is 5. The zero-order chi connectivity index (χ0) is 17.8. The van der Waals surface area contributed by atoms with Crippen LogP contribution in [0.4, 0.5) is 0 Å². The molecule has 1 heterocycles. The zero-order valence-electron chi connectivity index (χ0n) is 15.4. The molecular formula is C17H30O4SSi. The molecule has 1 aromatic heterocycles. The Kier molecular flexibility index (Phi) is 6.86. The summed E-state index contributed by atoms with van der Waals surface area (Å²) in [5.74, 6) is 0.262. The molecule has 1 rings (SSSR count). The lowest BCUT2D eigenvalue weighted by Gasteiger charge is -2.36. The smallest absolute Gasteiger partial charge is 0.348 e. The Hall–Kier alpha value is -0.853. The molecule has 4 nitrogen and oxygen atoms in total. The first-order chi connectivity index (χ1) is 10.5. The van der Waals surface area contributed by atoms with Crippen molar-refractivity contribution in [1.29, 1.82) is 0 Å². The fourth-order valence-electron chi connectivity index (χ4n) is 1.95. The standard InChI is InChI=1S/C17H30O4SSi/c1-8-10-12(18)14-13(21-23(6,7)17(3,4)5)11-22-15(14)16(19)20-9-2/h11-12,18H,8-10H2,1-7H3. The molecule has 1 atom stereocenters. The van der Waals surface area contributed by atoms with Crippen LogP contribution in [-0.4, -0.2) is 26.0 Å². The van der Waals surface area contributed by atoms with Crippen LogP contribution in [0.15, 0.2) is 5.38 Å². The number of thiophene rings is 1. The van der Waals surface area contributed by atoms with Gasteiger partial charge in [-0.25, -0.2) is 4.79 Å². The number of esters is 1. The Morgan fingerprint density at radius 3 is 2.43 bits per heavy atom. The van der Waals surface area contributed by atoms with Gasteiger partial charge in [0, 0.05) is 10.9 Å². The average Bonchev–Trinajstić information content (AvgIpc) is 2.81. The predicted octanol–water partition coefficient (Wildman–Crippen LogP) is 5.14. The maximum absolute atomic E-state index is 12.2. The molecule has 0 aliphatic heterocycles. The summed E-state index contributed by atoms with van der Waals surface area (Å²) >= 11 is 1.29. The molecule has 23 heavy (non-hydrogen) atoms. The molecule has 0 bridgehead atoms. The number of aliphatic hydroxyl groups is 1. The van der Waals surface area contributed by atoms with Crippen molar-refractivity contribution in [2.24, 2.45) is 0 Å². The van der Waals surface area contributed by atoms with Crippen LogP contribution in [0.5, 0.6) is 5.75 Å². The fraction of sp³-hybridized carbons (Fsp3) is 0.706. The summed E-state index contributed by atoms with van der Waals surface area (Å²) in [6.07, 6.45) is 0.723. The van der Waals surface area contributed by atoms with Crippen LogP contribution >= 0.6 is 11.3 Å². The lowest BCUT2D eigenvalue weighted by Crippen LogP contribution is -2.44. The van der Waals surface area contributed by atoms with Crippen molar-refractivity contribution in [3.63, 3.8) is 0 Å². The van der Waals surface area contributed by atoms with Gasteiger partial charge in [-0.05, 0) is 31.5 Å². The van der Waals surface area contributed by atoms with Crippen LogP contribution in [-0.2, 0) is 4.74 Å². The molecule has 0 saturated heterocycles. The quantitative estimate of drug-likeness (QED) is 0.541. The van der Waals surface area contributed by atoms with Crippen LogP contribution in [0.3, 0.4) is 0 Å². The van der Waals surface area contributed by atoms with Crippen molar-refractivity contribution in [2.75, 3.05) is 6.61 Å². The van der Waals surface area contributed by atoms with Crippen molar-refractivity contribution in [3.8, 4) is 5.75 Å². The highest BCUT2D eigenvalue weighted by atomic mass is 32.1. The molecule has 0 amide bonds. The molecule has 0 aliphatic rings. The van der Waals surface area contributed by atoms with Crippen molar-refractivity contribution >= 4 is 25.6 Å². The van der Waals surface area contributed by atoms with Crippen molar-refractivity contribution in [1.82, 2.24) is 0 Å². The van der Waals surface area contributed by atoms with E-state index in [0.29, 0.717) is 29.2 Å². The molecule has 1 aromatic rings. The lowest BCUT2D eigenvalue weighted by atomic mass is 10.1. The fourth-order valence-corrected chi connectivity index (χ4v) is 3.98. The normalized spacial score (nSPS) is 13.7. The van der Waals surface area contributed by atoms with Gasteiger partial charge in [0.2, 0.25) is 0 Å². The summed E-state index contributed by atoms with van der Waals surface area (Å²) in [7, 11) is -2.04. The third-order valence-corrected chi connectivity index (χ3v) is 9.62. The van der Waals surface area contributed by atoms with E-state index in [9.17, 15) is 9.90 Å². The first-order valence-corrected chi connectivity index (χ1v) is 12.0. The molecule has 0 fully saturated rings. The highest BCUT2D eigenvalue weighted by Crippen LogP contribution is 2.43. The molecule has 0 aliphatic carbocycles. The van der Waals surface area contributed by atoms with E-state index in [1.54, 1.807) is 6.92 Å². The third kappa shape index (κ3) is 4.81. The van der Waals surface area contributed by atoms with E-state index in [-0.39, 0.29) is 11.0 Å². The van der Waals surface area contributed by atoms with Gasteiger partial charge in [-0.15, -0.1) is 11.3 Å². The Bertz CT molecular complexity index is 531. The molecule has 1 unspecified atom stereocenters. The molecule has 0 spiro atoms. The van der Waals surface area contributed by atoms with Gasteiger partial charge >= 0.3 is 5.97 Å². The second-order valence-corrected chi connectivity index (χ2v) is 12.8. The van der Waals surface area contributed by atoms with E-state index in [2.05, 4.69) is 33.9 Å².